The van der Waals surface area contributed by atoms with Crippen LogP contribution in [0.3, 0.4) is 0 Å². The Kier molecular flexibility index (Phi) is 2.95. The third-order valence-corrected chi connectivity index (χ3v) is 3.02. The Morgan fingerprint density at radius 1 is 1.47 bits per heavy atom. The summed E-state index contributed by atoms with van der Waals surface area (Å²) in [5, 5.41) is 0. The van der Waals surface area contributed by atoms with Crippen molar-refractivity contribution in [2.24, 2.45) is 0 Å². The average molecular weight is 315 g/mol. The summed E-state index contributed by atoms with van der Waals surface area (Å²) in [5.41, 5.74) is 1.51. The Morgan fingerprint density at radius 2 is 2.27 bits per heavy atom. The van der Waals surface area contributed by atoms with Crippen molar-refractivity contribution in [2.75, 3.05) is 6.61 Å². The highest BCUT2D eigenvalue weighted by Gasteiger charge is 2.12. The second kappa shape index (κ2) is 4.22. The molecular weight excluding hydrogens is 305 g/mol. The highest BCUT2D eigenvalue weighted by atomic mass is 127. The van der Waals surface area contributed by atoms with Crippen molar-refractivity contribution in [3.63, 3.8) is 0 Å². The molecule has 0 aliphatic heterocycles. The van der Waals surface area contributed by atoms with Crippen LogP contribution >= 0.6 is 22.6 Å². The lowest BCUT2D eigenvalue weighted by Crippen LogP contribution is -2.04. The van der Waals surface area contributed by atoms with Crippen LogP contribution in [0.2, 0.25) is 0 Å². The number of ether oxygens (including phenoxy) is 1. The summed E-state index contributed by atoms with van der Waals surface area (Å²) < 4.78 is 8.01. The molecule has 0 aliphatic carbocycles. The SMILES string of the molecule is CCOC(=O)c1ccn2c(I)cccc12. The van der Waals surface area contributed by atoms with E-state index >= 15 is 0 Å². The normalized spacial score (nSPS) is 10.5. The van der Waals surface area contributed by atoms with E-state index in [9.17, 15) is 4.79 Å². The molecule has 0 aromatic carbocycles. The Hall–Kier alpha value is -1.04. The number of pyridine rings is 1. The zero-order valence-corrected chi connectivity index (χ0v) is 10.4. The smallest absolute Gasteiger partial charge is 0.340 e. The first-order valence-corrected chi connectivity index (χ1v) is 5.74. The lowest BCUT2D eigenvalue weighted by atomic mass is 10.2. The third kappa shape index (κ3) is 1.86. The molecule has 15 heavy (non-hydrogen) atoms. The van der Waals surface area contributed by atoms with Crippen LogP contribution in [0.1, 0.15) is 17.3 Å². The van der Waals surface area contributed by atoms with E-state index in [1.54, 1.807) is 13.0 Å². The maximum atomic E-state index is 11.6. The van der Waals surface area contributed by atoms with Crippen LogP contribution in [0.5, 0.6) is 0 Å². The second-order valence-corrected chi connectivity index (χ2v) is 4.16. The fourth-order valence-electron chi connectivity index (χ4n) is 1.48. The first-order chi connectivity index (χ1) is 7.24. The molecule has 0 aliphatic rings. The molecule has 78 valence electrons. The van der Waals surface area contributed by atoms with E-state index in [4.69, 9.17) is 4.74 Å². The summed E-state index contributed by atoms with van der Waals surface area (Å²) >= 11 is 2.23. The number of nitrogens with zero attached hydrogens (tertiary/aromatic N) is 1. The first-order valence-electron chi connectivity index (χ1n) is 4.66. The molecular formula is C11H10INO2. The number of hydrogen-bond acceptors (Lipinski definition) is 2. The monoisotopic (exact) mass is 315 g/mol. The molecule has 3 nitrogen and oxygen atoms in total. The first kappa shape index (κ1) is 10.5. The number of fused-ring (bicyclic) bond motifs is 1. The summed E-state index contributed by atoms with van der Waals surface area (Å²) in [6.45, 7) is 2.21. The predicted octanol–water partition coefficient (Wildman–Crippen LogP) is 2.72. The van der Waals surface area contributed by atoms with Gasteiger partial charge in [0.2, 0.25) is 0 Å². The molecule has 0 saturated carbocycles. The van der Waals surface area contributed by atoms with Crippen molar-refractivity contribution in [1.82, 2.24) is 4.40 Å². The minimum atomic E-state index is -0.262. The predicted molar refractivity (Wildman–Crippen MR) is 66.1 cm³/mol. The van der Waals surface area contributed by atoms with Crippen LogP contribution in [0.4, 0.5) is 0 Å². The summed E-state index contributed by atoms with van der Waals surface area (Å²) in [4.78, 5) is 11.6. The lowest BCUT2D eigenvalue weighted by Gasteiger charge is -2.01. The van der Waals surface area contributed by atoms with Gasteiger partial charge >= 0.3 is 5.97 Å². The standard InChI is InChI=1S/C11H10INO2/c1-2-15-11(14)8-6-7-13-9(8)4-3-5-10(13)12/h3-7H,2H2,1H3. The molecule has 0 amide bonds. The number of carbonyl (C=O) groups excluding carboxylic acids is 1. The second-order valence-electron chi connectivity index (χ2n) is 3.05. The average Bonchev–Trinajstić information content (AvgIpc) is 2.63. The Bertz CT molecular complexity index is 504. The Morgan fingerprint density at radius 3 is 3.00 bits per heavy atom. The van der Waals surface area contributed by atoms with E-state index < -0.39 is 0 Å². The van der Waals surface area contributed by atoms with Gasteiger partial charge in [-0.2, -0.15) is 0 Å². The zero-order chi connectivity index (χ0) is 10.8. The number of hydrogen-bond donors (Lipinski definition) is 0. The minimum Gasteiger partial charge on any atom is -0.462 e. The van der Waals surface area contributed by atoms with Gasteiger partial charge in [0, 0.05) is 6.20 Å². The molecule has 2 heterocycles. The van der Waals surface area contributed by atoms with Crippen molar-refractivity contribution < 1.29 is 9.53 Å². The van der Waals surface area contributed by atoms with Crippen LogP contribution in [0.15, 0.2) is 30.5 Å². The van der Waals surface area contributed by atoms with E-state index in [1.165, 1.54) is 0 Å². The third-order valence-electron chi connectivity index (χ3n) is 2.14. The Labute approximate surface area is 101 Å². The van der Waals surface area contributed by atoms with Crippen LogP contribution in [0.25, 0.3) is 5.52 Å². The molecule has 0 bridgehead atoms. The van der Waals surface area contributed by atoms with Crippen LogP contribution in [0, 0.1) is 3.70 Å². The summed E-state index contributed by atoms with van der Waals surface area (Å²) in [6.07, 6.45) is 1.88. The van der Waals surface area contributed by atoms with Crippen LogP contribution in [-0.4, -0.2) is 17.0 Å². The molecule has 0 unspecified atom stereocenters. The summed E-state index contributed by atoms with van der Waals surface area (Å²) in [5.74, 6) is -0.262. The van der Waals surface area contributed by atoms with E-state index in [0.29, 0.717) is 12.2 Å². The topological polar surface area (TPSA) is 30.7 Å². The van der Waals surface area contributed by atoms with E-state index in [1.807, 2.05) is 28.8 Å². The van der Waals surface area contributed by atoms with Crippen molar-refractivity contribution in [2.45, 2.75) is 6.92 Å². The molecule has 2 aromatic heterocycles. The minimum absolute atomic E-state index is 0.262. The highest BCUT2D eigenvalue weighted by Crippen LogP contribution is 2.17. The maximum Gasteiger partial charge on any atom is 0.340 e. The molecule has 0 spiro atoms. The number of esters is 1. The van der Waals surface area contributed by atoms with Gasteiger partial charge in [-0.15, -0.1) is 0 Å². The van der Waals surface area contributed by atoms with Gasteiger partial charge in [0.05, 0.1) is 21.4 Å². The van der Waals surface area contributed by atoms with Crippen molar-refractivity contribution in [3.05, 3.63) is 39.7 Å². The van der Waals surface area contributed by atoms with Gasteiger partial charge in [0.1, 0.15) is 0 Å². The number of carbonyl (C=O) groups is 1. The van der Waals surface area contributed by atoms with Crippen molar-refractivity contribution in [3.8, 4) is 0 Å². The van der Waals surface area contributed by atoms with E-state index in [-0.39, 0.29) is 5.97 Å². The number of halogens is 1. The van der Waals surface area contributed by atoms with E-state index in [2.05, 4.69) is 22.6 Å². The molecule has 0 fully saturated rings. The molecule has 4 heteroatoms. The summed E-state index contributed by atoms with van der Waals surface area (Å²) in [6, 6.07) is 7.62. The molecule has 0 saturated heterocycles. The van der Waals surface area contributed by atoms with Crippen molar-refractivity contribution in [1.29, 1.82) is 0 Å². The van der Waals surface area contributed by atoms with Gasteiger partial charge in [-0.05, 0) is 47.7 Å². The fourth-order valence-corrected chi connectivity index (χ4v) is 2.11. The maximum absolute atomic E-state index is 11.6. The lowest BCUT2D eigenvalue weighted by molar-refractivity contribution is 0.0529. The molecule has 2 rings (SSSR count). The quantitative estimate of drug-likeness (QED) is 0.485. The van der Waals surface area contributed by atoms with E-state index in [0.717, 1.165) is 9.22 Å². The fraction of sp³-hybridized carbons (Fsp3) is 0.182. The van der Waals surface area contributed by atoms with Gasteiger partial charge in [-0.1, -0.05) is 6.07 Å². The van der Waals surface area contributed by atoms with Gasteiger partial charge < -0.3 is 9.14 Å². The molecule has 0 atom stereocenters. The molecule has 2 aromatic rings. The zero-order valence-electron chi connectivity index (χ0n) is 8.24. The van der Waals surface area contributed by atoms with Crippen LogP contribution in [-0.2, 0) is 4.74 Å². The van der Waals surface area contributed by atoms with Crippen LogP contribution < -0.4 is 0 Å². The molecule has 0 N–H and O–H groups in total. The largest absolute Gasteiger partial charge is 0.462 e. The van der Waals surface area contributed by atoms with Gasteiger partial charge in [0.25, 0.3) is 0 Å². The van der Waals surface area contributed by atoms with Gasteiger partial charge in [-0.3, -0.25) is 0 Å². The Balaban J connectivity index is 2.54. The van der Waals surface area contributed by atoms with Gasteiger partial charge in [0.15, 0.2) is 0 Å². The summed E-state index contributed by atoms with van der Waals surface area (Å²) in [7, 11) is 0. The molecule has 0 radical (unpaired) electrons. The number of aromatic nitrogens is 1. The van der Waals surface area contributed by atoms with Crippen molar-refractivity contribution >= 4 is 34.1 Å². The van der Waals surface area contributed by atoms with Gasteiger partial charge in [-0.25, -0.2) is 4.79 Å². The number of rotatable bonds is 2. The highest BCUT2D eigenvalue weighted by molar-refractivity contribution is 14.1.